The van der Waals surface area contributed by atoms with E-state index in [2.05, 4.69) is 0 Å². The van der Waals surface area contributed by atoms with Crippen molar-refractivity contribution in [1.29, 1.82) is 0 Å². The molecule has 0 fully saturated rings. The molecule has 5 nitrogen and oxygen atoms in total. The van der Waals surface area contributed by atoms with E-state index in [9.17, 15) is 8.42 Å². The van der Waals surface area contributed by atoms with Crippen molar-refractivity contribution < 1.29 is 53.4 Å². The van der Waals surface area contributed by atoms with Gasteiger partial charge in [0.1, 0.15) is 12.7 Å². The van der Waals surface area contributed by atoms with Crippen LogP contribution in [0, 0.1) is 0 Å². The smallest absolute Gasteiger partial charge is 1.00 e. The minimum Gasteiger partial charge on any atom is -1.00 e. The van der Waals surface area contributed by atoms with Gasteiger partial charge in [-0.2, -0.15) is 8.42 Å². The summed E-state index contributed by atoms with van der Waals surface area (Å²) in [5, 5.41) is 3.87. The SMILES string of the molecule is O=S(=O)(O)CCCCCCC1COc2cscc2O1.[H-].[Na+]. The summed E-state index contributed by atoms with van der Waals surface area (Å²) < 4.78 is 41.0. The van der Waals surface area contributed by atoms with Gasteiger partial charge in [-0.1, -0.05) is 12.8 Å². The molecule has 0 bridgehead atoms. The topological polar surface area (TPSA) is 72.8 Å². The Balaban J connectivity index is 0.00000200. The molecule has 1 aromatic rings. The molecule has 1 atom stereocenters. The fourth-order valence-electron chi connectivity index (χ4n) is 2.01. The van der Waals surface area contributed by atoms with Crippen LogP contribution in [-0.2, 0) is 10.1 Å². The summed E-state index contributed by atoms with van der Waals surface area (Å²) in [4.78, 5) is 0. The summed E-state index contributed by atoms with van der Waals surface area (Å²) in [6.45, 7) is 0.578. The molecule has 1 aromatic heterocycles. The Morgan fingerprint density at radius 1 is 1.25 bits per heavy atom. The molecule has 0 saturated carbocycles. The largest absolute Gasteiger partial charge is 1.00 e. The van der Waals surface area contributed by atoms with Gasteiger partial charge in [0.15, 0.2) is 11.5 Å². The van der Waals surface area contributed by atoms with E-state index in [-0.39, 0.29) is 42.8 Å². The fourth-order valence-corrected chi connectivity index (χ4v) is 3.25. The Kier molecular flexibility index (Phi) is 7.86. The maximum absolute atomic E-state index is 10.5. The van der Waals surface area contributed by atoms with E-state index in [4.69, 9.17) is 14.0 Å². The van der Waals surface area contributed by atoms with Crippen LogP contribution >= 0.6 is 11.3 Å². The second-order valence-corrected chi connectivity index (χ2v) is 6.96. The number of hydrogen-bond acceptors (Lipinski definition) is 5. The first-order valence-electron chi connectivity index (χ1n) is 6.35. The first-order valence-corrected chi connectivity index (χ1v) is 8.90. The van der Waals surface area contributed by atoms with E-state index in [1.54, 1.807) is 11.3 Å². The quantitative estimate of drug-likeness (QED) is 0.427. The second-order valence-electron chi connectivity index (χ2n) is 4.64. The summed E-state index contributed by atoms with van der Waals surface area (Å²) in [5.74, 6) is 1.51. The van der Waals surface area contributed by atoms with Gasteiger partial charge in [-0.05, 0) is 19.3 Å². The zero-order chi connectivity index (χ0) is 13.7. The van der Waals surface area contributed by atoms with Crippen molar-refractivity contribution in [2.45, 2.75) is 38.2 Å². The van der Waals surface area contributed by atoms with Gasteiger partial charge in [-0.15, -0.1) is 11.3 Å². The standard InChI is InChI=1S/C12H18O5S2.Na.H/c13-19(14,15)6-4-2-1-3-5-10-7-16-11-8-18-9-12(11)17-10;;/h8-10H,1-7H2,(H,13,14,15);;/q;+1;-1. The molecule has 0 saturated heterocycles. The molecule has 0 amide bonds. The van der Waals surface area contributed by atoms with Crippen molar-refractivity contribution in [2.75, 3.05) is 12.4 Å². The molecular formula is C12H19NaO5S2. The molecule has 2 heterocycles. The maximum atomic E-state index is 10.5. The van der Waals surface area contributed by atoms with Gasteiger partial charge < -0.3 is 10.9 Å². The van der Waals surface area contributed by atoms with Crippen LogP contribution in [0.1, 0.15) is 33.5 Å². The molecule has 1 N–H and O–H groups in total. The first kappa shape index (κ1) is 18.3. The molecule has 0 aliphatic carbocycles. The molecule has 20 heavy (non-hydrogen) atoms. The third-order valence-corrected chi connectivity index (χ3v) is 4.49. The van der Waals surface area contributed by atoms with Crippen molar-refractivity contribution >= 4 is 21.5 Å². The second kappa shape index (κ2) is 8.60. The van der Waals surface area contributed by atoms with Crippen LogP contribution in [0.15, 0.2) is 10.8 Å². The Bertz CT molecular complexity index is 506. The van der Waals surface area contributed by atoms with E-state index < -0.39 is 10.1 Å². The van der Waals surface area contributed by atoms with Gasteiger partial charge in [0.25, 0.3) is 10.1 Å². The number of thiophene rings is 1. The molecule has 0 radical (unpaired) electrons. The Morgan fingerprint density at radius 2 is 1.95 bits per heavy atom. The van der Waals surface area contributed by atoms with E-state index in [0.717, 1.165) is 37.2 Å². The van der Waals surface area contributed by atoms with Crippen molar-refractivity contribution in [3.05, 3.63) is 10.8 Å². The van der Waals surface area contributed by atoms with Crippen molar-refractivity contribution in [3.63, 3.8) is 0 Å². The normalized spacial score (nSPS) is 17.6. The number of ether oxygens (including phenoxy) is 2. The first-order chi connectivity index (χ1) is 9.04. The van der Waals surface area contributed by atoms with E-state index in [0.29, 0.717) is 13.0 Å². The third-order valence-electron chi connectivity index (χ3n) is 2.99. The van der Waals surface area contributed by atoms with Gasteiger partial charge in [-0.3, -0.25) is 4.55 Å². The predicted octanol–water partition coefficient (Wildman–Crippen LogP) is -0.157. The maximum Gasteiger partial charge on any atom is 1.00 e. The Morgan fingerprint density at radius 3 is 2.70 bits per heavy atom. The molecular weight excluding hydrogens is 311 g/mol. The molecule has 1 unspecified atom stereocenters. The van der Waals surface area contributed by atoms with E-state index in [1.807, 2.05) is 10.8 Å². The fraction of sp³-hybridized carbons (Fsp3) is 0.667. The third kappa shape index (κ3) is 6.32. The van der Waals surface area contributed by atoms with Crippen molar-refractivity contribution in [1.82, 2.24) is 0 Å². The van der Waals surface area contributed by atoms with E-state index >= 15 is 0 Å². The number of rotatable bonds is 7. The monoisotopic (exact) mass is 330 g/mol. The average molecular weight is 330 g/mol. The van der Waals surface area contributed by atoms with Crippen LogP contribution in [0.3, 0.4) is 0 Å². The van der Waals surface area contributed by atoms with Gasteiger partial charge in [0, 0.05) is 10.8 Å². The van der Waals surface area contributed by atoms with Gasteiger partial charge in [0.05, 0.1) is 5.75 Å². The van der Waals surface area contributed by atoms with Crippen molar-refractivity contribution in [3.8, 4) is 11.5 Å². The van der Waals surface area contributed by atoms with Gasteiger partial charge >= 0.3 is 29.6 Å². The molecule has 110 valence electrons. The predicted molar refractivity (Wildman–Crippen MR) is 74.8 cm³/mol. The molecule has 0 spiro atoms. The molecule has 1 aliphatic rings. The molecule has 8 heteroatoms. The zero-order valence-electron chi connectivity index (χ0n) is 12.6. The molecule has 0 aromatic carbocycles. The molecule has 1 aliphatic heterocycles. The zero-order valence-corrected chi connectivity index (χ0v) is 15.2. The van der Waals surface area contributed by atoms with Gasteiger partial charge in [-0.25, -0.2) is 0 Å². The van der Waals surface area contributed by atoms with Crippen LogP contribution in [0.25, 0.3) is 0 Å². The van der Waals surface area contributed by atoms with Crippen LogP contribution in [0.5, 0.6) is 11.5 Å². The van der Waals surface area contributed by atoms with Gasteiger partial charge in [0.2, 0.25) is 0 Å². The van der Waals surface area contributed by atoms with E-state index in [1.165, 1.54) is 0 Å². The Hall–Kier alpha value is 0.210. The van der Waals surface area contributed by atoms with Crippen molar-refractivity contribution in [2.24, 2.45) is 0 Å². The van der Waals surface area contributed by atoms with Crippen LogP contribution in [0.2, 0.25) is 0 Å². The summed E-state index contributed by atoms with van der Waals surface area (Å²) in [6, 6.07) is 0. The van der Waals surface area contributed by atoms with Crippen LogP contribution in [-0.4, -0.2) is 31.4 Å². The summed E-state index contributed by atoms with van der Waals surface area (Å²) in [5.41, 5.74) is 0. The average Bonchev–Trinajstić information content (AvgIpc) is 2.79. The van der Waals surface area contributed by atoms with Crippen LogP contribution in [0.4, 0.5) is 0 Å². The summed E-state index contributed by atoms with van der Waals surface area (Å²) in [7, 11) is -3.80. The minimum absolute atomic E-state index is 0. The number of unbranched alkanes of at least 4 members (excludes halogenated alkanes) is 3. The summed E-state index contributed by atoms with van der Waals surface area (Å²) in [6.07, 6.45) is 4.21. The minimum atomic E-state index is -3.80. The Labute approximate surface area is 147 Å². The summed E-state index contributed by atoms with van der Waals surface area (Å²) >= 11 is 1.56. The number of hydrogen-bond donors (Lipinski definition) is 1. The molecule has 2 rings (SSSR count). The van der Waals surface area contributed by atoms with Crippen LogP contribution < -0.4 is 39.0 Å². The number of fused-ring (bicyclic) bond motifs is 1.